The van der Waals surface area contributed by atoms with E-state index in [2.05, 4.69) is 5.09 Å². The molecule has 100 valence electrons. The molecule has 0 fully saturated rings. The molecule has 0 amide bonds. The summed E-state index contributed by atoms with van der Waals surface area (Å²) in [6.07, 6.45) is 0. The van der Waals surface area contributed by atoms with Gasteiger partial charge >= 0.3 is 13.6 Å². The molecule has 6 nitrogen and oxygen atoms in total. The van der Waals surface area contributed by atoms with E-state index in [9.17, 15) is 9.36 Å². The quantitative estimate of drug-likeness (QED) is 0.798. The molecule has 1 rings (SSSR count). The molecule has 0 spiro atoms. The first-order chi connectivity index (χ1) is 8.27. The van der Waals surface area contributed by atoms with Gasteiger partial charge in [-0.15, -0.1) is 0 Å². The fourth-order valence-corrected chi connectivity index (χ4v) is 3.01. The third kappa shape index (κ3) is 3.10. The van der Waals surface area contributed by atoms with Crippen LogP contribution in [0.3, 0.4) is 0 Å². The van der Waals surface area contributed by atoms with E-state index in [1.807, 2.05) is 0 Å². The molecule has 0 radical (unpaired) electrons. The average molecular weight is 271 g/mol. The molecule has 0 saturated heterocycles. The number of anilines is 1. The number of hydrogen-bond acceptors (Lipinski definition) is 2. The Morgan fingerprint density at radius 1 is 1.11 bits per heavy atom. The maximum absolute atomic E-state index is 12.6. The van der Waals surface area contributed by atoms with E-state index in [1.165, 1.54) is 12.1 Å². The van der Waals surface area contributed by atoms with Gasteiger partial charge in [-0.25, -0.2) is 14.1 Å². The van der Waals surface area contributed by atoms with Crippen LogP contribution in [0.2, 0.25) is 0 Å². The van der Waals surface area contributed by atoms with Gasteiger partial charge in [0.05, 0.1) is 5.56 Å². The van der Waals surface area contributed by atoms with Gasteiger partial charge in [-0.2, -0.15) is 0 Å². The lowest BCUT2D eigenvalue weighted by molar-refractivity contribution is 0.0697. The largest absolute Gasteiger partial charge is 0.478 e. The first kappa shape index (κ1) is 14.7. The normalized spacial score (nSPS) is 11.9. The Morgan fingerprint density at radius 3 is 1.89 bits per heavy atom. The SMILES string of the molecule is CN(C)P(=O)(Nc1ccc(C(=O)O)cc1)N(C)C. The van der Waals surface area contributed by atoms with Crippen molar-refractivity contribution in [2.45, 2.75) is 0 Å². The number of nitrogens with one attached hydrogen (secondary N) is 1. The summed E-state index contributed by atoms with van der Waals surface area (Å²) in [5.41, 5.74) is 0.816. The molecule has 0 aromatic heterocycles. The maximum Gasteiger partial charge on any atom is 0.335 e. The van der Waals surface area contributed by atoms with Crippen LogP contribution in [0, 0.1) is 0 Å². The lowest BCUT2D eigenvalue weighted by atomic mass is 10.2. The van der Waals surface area contributed by atoms with Gasteiger partial charge in [-0.3, -0.25) is 4.57 Å². The predicted octanol–water partition coefficient (Wildman–Crippen LogP) is 2.03. The third-order valence-corrected chi connectivity index (χ3v) is 5.21. The molecule has 0 heterocycles. The Labute approximate surface area is 107 Å². The zero-order valence-corrected chi connectivity index (χ0v) is 11.8. The molecule has 2 N–H and O–H groups in total. The molecule has 7 heteroatoms. The molecule has 18 heavy (non-hydrogen) atoms. The van der Waals surface area contributed by atoms with Crippen LogP contribution in [-0.4, -0.2) is 48.6 Å². The van der Waals surface area contributed by atoms with Gasteiger partial charge in [0, 0.05) is 5.69 Å². The fraction of sp³-hybridized carbons (Fsp3) is 0.364. The van der Waals surface area contributed by atoms with Crippen molar-refractivity contribution in [1.82, 2.24) is 9.34 Å². The minimum absolute atomic E-state index is 0.199. The van der Waals surface area contributed by atoms with E-state index < -0.39 is 13.6 Å². The van der Waals surface area contributed by atoms with Crippen molar-refractivity contribution in [3.05, 3.63) is 29.8 Å². The van der Waals surface area contributed by atoms with E-state index in [1.54, 1.807) is 49.7 Å². The summed E-state index contributed by atoms with van der Waals surface area (Å²) in [4.78, 5) is 10.7. The van der Waals surface area contributed by atoms with Gasteiger partial charge in [0.25, 0.3) is 0 Å². The van der Waals surface area contributed by atoms with Crippen LogP contribution in [-0.2, 0) is 4.57 Å². The Morgan fingerprint density at radius 2 is 1.56 bits per heavy atom. The van der Waals surface area contributed by atoms with Crippen molar-refractivity contribution in [3.8, 4) is 0 Å². The van der Waals surface area contributed by atoms with Crippen LogP contribution in [0.25, 0.3) is 0 Å². The molecule has 0 saturated carbocycles. The number of carboxylic acid groups (broad SMARTS) is 1. The Hall–Kier alpha value is -1.36. The molecule has 1 aromatic rings. The Kier molecular flexibility index (Phi) is 4.51. The van der Waals surface area contributed by atoms with E-state index in [4.69, 9.17) is 5.11 Å². The van der Waals surface area contributed by atoms with Gasteiger partial charge < -0.3 is 10.2 Å². The number of carbonyl (C=O) groups is 1. The van der Waals surface area contributed by atoms with Crippen molar-refractivity contribution in [2.75, 3.05) is 33.3 Å². The second-order valence-electron chi connectivity index (χ2n) is 4.23. The standard InChI is InChI=1S/C11H18N3O3P/c1-13(2)18(17,14(3)4)12-10-7-5-9(6-8-10)11(15)16/h5-8H,1-4H3,(H,12,17)(H,15,16). The average Bonchev–Trinajstić information content (AvgIpc) is 2.29. The van der Waals surface area contributed by atoms with Gasteiger partial charge in [-0.05, 0) is 52.5 Å². The number of carboxylic acids is 1. The van der Waals surface area contributed by atoms with Gasteiger partial charge in [0.2, 0.25) is 0 Å². The molecule has 0 bridgehead atoms. The van der Waals surface area contributed by atoms with Crippen LogP contribution < -0.4 is 5.09 Å². The van der Waals surface area contributed by atoms with Crippen molar-refractivity contribution < 1.29 is 14.5 Å². The first-order valence-electron chi connectivity index (χ1n) is 5.34. The van der Waals surface area contributed by atoms with E-state index >= 15 is 0 Å². The van der Waals surface area contributed by atoms with Crippen LogP contribution in [0.4, 0.5) is 5.69 Å². The first-order valence-corrected chi connectivity index (χ1v) is 6.96. The number of benzene rings is 1. The summed E-state index contributed by atoms with van der Waals surface area (Å²) in [6, 6.07) is 6.15. The molecule has 0 atom stereocenters. The number of hydrogen-bond donors (Lipinski definition) is 2. The highest BCUT2D eigenvalue weighted by Crippen LogP contribution is 2.48. The van der Waals surface area contributed by atoms with Crippen molar-refractivity contribution in [3.63, 3.8) is 0 Å². The summed E-state index contributed by atoms with van der Waals surface area (Å²) >= 11 is 0. The molecular formula is C11H18N3O3P. The molecule has 0 aliphatic carbocycles. The zero-order valence-electron chi connectivity index (χ0n) is 10.9. The predicted molar refractivity (Wildman–Crippen MR) is 72.0 cm³/mol. The topological polar surface area (TPSA) is 72.9 Å². The van der Waals surface area contributed by atoms with Crippen LogP contribution in [0.15, 0.2) is 24.3 Å². The summed E-state index contributed by atoms with van der Waals surface area (Å²) in [6.45, 7) is 0. The van der Waals surface area contributed by atoms with Crippen LogP contribution in [0.5, 0.6) is 0 Å². The number of nitrogens with zero attached hydrogens (tertiary/aromatic N) is 2. The Balaban J connectivity index is 2.96. The third-order valence-electron chi connectivity index (χ3n) is 2.49. The molecule has 1 aromatic carbocycles. The Bertz CT molecular complexity index is 459. The molecule has 0 aliphatic heterocycles. The van der Waals surface area contributed by atoms with Crippen LogP contribution >= 0.6 is 7.59 Å². The number of aromatic carboxylic acids is 1. The second-order valence-corrected chi connectivity index (χ2v) is 7.14. The van der Waals surface area contributed by atoms with E-state index in [0.717, 1.165) is 0 Å². The van der Waals surface area contributed by atoms with Gasteiger partial charge in [0.15, 0.2) is 0 Å². The summed E-state index contributed by atoms with van der Waals surface area (Å²) < 4.78 is 15.8. The highest BCUT2D eigenvalue weighted by molar-refractivity contribution is 7.60. The summed E-state index contributed by atoms with van der Waals surface area (Å²) in [5, 5.41) is 11.7. The van der Waals surface area contributed by atoms with E-state index in [-0.39, 0.29) is 5.56 Å². The highest BCUT2D eigenvalue weighted by atomic mass is 31.2. The van der Waals surface area contributed by atoms with Crippen LogP contribution in [0.1, 0.15) is 10.4 Å². The lowest BCUT2D eigenvalue weighted by Crippen LogP contribution is -2.25. The van der Waals surface area contributed by atoms with Gasteiger partial charge in [-0.1, -0.05) is 0 Å². The van der Waals surface area contributed by atoms with E-state index in [0.29, 0.717) is 5.69 Å². The summed E-state index contributed by atoms with van der Waals surface area (Å²) in [7, 11) is 4.03. The van der Waals surface area contributed by atoms with Crippen molar-refractivity contribution >= 4 is 19.3 Å². The van der Waals surface area contributed by atoms with Crippen molar-refractivity contribution in [2.24, 2.45) is 0 Å². The second kappa shape index (κ2) is 5.52. The fourth-order valence-electron chi connectivity index (χ4n) is 1.41. The monoisotopic (exact) mass is 271 g/mol. The van der Waals surface area contributed by atoms with Crippen molar-refractivity contribution in [1.29, 1.82) is 0 Å². The molecule has 0 aliphatic rings. The smallest absolute Gasteiger partial charge is 0.335 e. The molecule has 0 unspecified atom stereocenters. The summed E-state index contributed by atoms with van der Waals surface area (Å²) in [5.74, 6) is -0.982. The lowest BCUT2D eigenvalue weighted by Gasteiger charge is -2.31. The minimum atomic E-state index is -2.85. The van der Waals surface area contributed by atoms with Gasteiger partial charge in [0.1, 0.15) is 0 Å². The molecular weight excluding hydrogens is 253 g/mol. The number of rotatable bonds is 5. The maximum atomic E-state index is 12.6. The minimum Gasteiger partial charge on any atom is -0.478 e. The highest BCUT2D eigenvalue weighted by Gasteiger charge is 2.27. The zero-order chi connectivity index (χ0) is 13.9.